The van der Waals surface area contributed by atoms with Gasteiger partial charge in [-0.25, -0.2) is 9.59 Å². The van der Waals surface area contributed by atoms with Crippen LogP contribution in [0, 0.1) is 0 Å². The Morgan fingerprint density at radius 3 is 2.48 bits per heavy atom. The zero-order valence-electron chi connectivity index (χ0n) is 18.1. The summed E-state index contributed by atoms with van der Waals surface area (Å²) in [6.07, 6.45) is 8.19. The first-order valence-electron chi connectivity index (χ1n) is 10.5. The molecule has 1 aromatic carbocycles. The average molecular weight is 491 g/mol. The number of carbonyl (C=O) groups is 2. The number of benzene rings is 1. The lowest BCUT2D eigenvalue weighted by Gasteiger charge is -2.37. The van der Waals surface area contributed by atoms with Gasteiger partial charge in [-0.2, -0.15) is 9.78 Å². The van der Waals surface area contributed by atoms with Crippen LogP contribution in [0.3, 0.4) is 0 Å². The highest BCUT2D eigenvalue weighted by Crippen LogP contribution is 2.30. The second-order valence-corrected chi connectivity index (χ2v) is 9.19. The molecule has 174 valence electrons. The molecule has 1 aliphatic heterocycles. The molecule has 2 heterocycles. The first-order valence-corrected chi connectivity index (χ1v) is 11.3. The van der Waals surface area contributed by atoms with E-state index in [0.29, 0.717) is 31.2 Å². The Labute approximate surface area is 201 Å². The highest BCUT2D eigenvalue weighted by Gasteiger charge is 2.29. The maximum Gasteiger partial charge on any atom is 0.357 e. The number of aromatic nitrogens is 2. The Balaban J connectivity index is 1.30. The van der Waals surface area contributed by atoms with Crippen LogP contribution in [-0.2, 0) is 0 Å². The summed E-state index contributed by atoms with van der Waals surface area (Å²) in [5, 5.41) is 13.5. The van der Waals surface area contributed by atoms with Crippen LogP contribution in [0.2, 0.25) is 10.0 Å². The van der Waals surface area contributed by atoms with Crippen molar-refractivity contribution in [3.05, 3.63) is 70.0 Å². The molecule has 0 bridgehead atoms. The van der Waals surface area contributed by atoms with Crippen LogP contribution in [0.25, 0.3) is 0 Å². The van der Waals surface area contributed by atoms with E-state index in [-0.39, 0.29) is 16.7 Å². The normalized spacial score (nSPS) is 21.1. The van der Waals surface area contributed by atoms with Crippen LogP contribution in [-0.4, -0.2) is 75.0 Å². The minimum Gasteiger partial charge on any atom is -0.483 e. The van der Waals surface area contributed by atoms with E-state index < -0.39 is 11.6 Å². The van der Waals surface area contributed by atoms with Crippen molar-refractivity contribution in [2.24, 2.45) is 0 Å². The number of hydrogen-bond acceptors (Lipinski definition) is 5. The largest absolute Gasteiger partial charge is 0.483 e. The molecule has 1 aliphatic carbocycles. The van der Waals surface area contributed by atoms with Gasteiger partial charge in [0.15, 0.2) is 5.69 Å². The molecule has 1 atom stereocenters. The monoisotopic (exact) mass is 490 g/mol. The van der Waals surface area contributed by atoms with Crippen molar-refractivity contribution >= 4 is 35.2 Å². The van der Waals surface area contributed by atoms with Gasteiger partial charge in [-0.3, -0.25) is 4.90 Å². The predicted octanol–water partition coefficient (Wildman–Crippen LogP) is 4.20. The fraction of sp³-hybridized carbons (Fsp3) is 0.348. The van der Waals surface area contributed by atoms with Crippen molar-refractivity contribution < 1.29 is 19.4 Å². The molecule has 2 aliphatic rings. The number of carbonyl (C=O) groups excluding carboxylic acids is 1. The number of rotatable bonds is 5. The number of aromatic carboxylic acids is 1. The first-order chi connectivity index (χ1) is 15.7. The number of nitrogens with zero attached hydrogens (tertiary/aromatic N) is 4. The molecule has 0 radical (unpaired) electrons. The third kappa shape index (κ3) is 5.58. The minimum atomic E-state index is -1.27. The minimum absolute atomic E-state index is 0.0596. The van der Waals surface area contributed by atoms with Gasteiger partial charge in [0.05, 0.1) is 11.2 Å². The van der Waals surface area contributed by atoms with Crippen LogP contribution >= 0.6 is 23.2 Å². The number of carboxylic acids is 1. The van der Waals surface area contributed by atoms with E-state index in [9.17, 15) is 9.59 Å². The molecular formula is C23H24Cl2N4O4. The molecule has 33 heavy (non-hydrogen) atoms. The van der Waals surface area contributed by atoms with E-state index in [1.165, 1.54) is 11.8 Å². The van der Waals surface area contributed by atoms with E-state index in [2.05, 4.69) is 29.1 Å². The highest BCUT2D eigenvalue weighted by molar-refractivity contribution is 6.33. The zero-order chi connectivity index (χ0) is 23.6. The van der Waals surface area contributed by atoms with Crippen LogP contribution in [0.1, 0.15) is 23.8 Å². The molecular weight excluding hydrogens is 467 g/mol. The molecule has 1 saturated heterocycles. The van der Waals surface area contributed by atoms with Crippen LogP contribution in [0.5, 0.6) is 5.75 Å². The second kappa shape index (κ2) is 9.59. The number of amides is 1. The van der Waals surface area contributed by atoms with Gasteiger partial charge >= 0.3 is 12.0 Å². The molecule has 2 aromatic rings. The van der Waals surface area contributed by atoms with E-state index in [0.717, 1.165) is 23.4 Å². The summed E-state index contributed by atoms with van der Waals surface area (Å²) in [6.45, 7) is 5.26. The second-order valence-electron chi connectivity index (χ2n) is 8.35. The van der Waals surface area contributed by atoms with Gasteiger partial charge in [0.1, 0.15) is 11.4 Å². The van der Waals surface area contributed by atoms with Gasteiger partial charge in [0, 0.05) is 44.2 Å². The Morgan fingerprint density at radius 2 is 1.85 bits per heavy atom. The molecule has 1 amide bonds. The van der Waals surface area contributed by atoms with Crippen molar-refractivity contribution in [2.45, 2.75) is 18.9 Å². The van der Waals surface area contributed by atoms with Gasteiger partial charge in [0.25, 0.3) is 0 Å². The third-order valence-electron chi connectivity index (χ3n) is 5.66. The van der Waals surface area contributed by atoms with Crippen molar-refractivity contribution in [1.29, 1.82) is 0 Å². The summed E-state index contributed by atoms with van der Waals surface area (Å²) in [6, 6.07) is 6.96. The molecule has 0 saturated carbocycles. The third-order valence-corrected chi connectivity index (χ3v) is 6.19. The summed E-state index contributed by atoms with van der Waals surface area (Å²) < 4.78 is 7.22. The fourth-order valence-electron chi connectivity index (χ4n) is 4.03. The fourth-order valence-corrected chi connectivity index (χ4v) is 4.37. The summed E-state index contributed by atoms with van der Waals surface area (Å²) >= 11 is 11.8. The lowest BCUT2D eigenvalue weighted by molar-refractivity contribution is 0.0690. The molecule has 10 heteroatoms. The molecule has 1 aromatic heterocycles. The van der Waals surface area contributed by atoms with E-state index in [1.807, 2.05) is 30.3 Å². The van der Waals surface area contributed by atoms with Gasteiger partial charge in [-0.15, -0.1) is 0 Å². The quantitative estimate of drug-likeness (QED) is 0.675. The van der Waals surface area contributed by atoms with E-state index in [4.69, 9.17) is 33.0 Å². The summed E-state index contributed by atoms with van der Waals surface area (Å²) in [4.78, 5) is 27.7. The maximum absolute atomic E-state index is 12.7. The van der Waals surface area contributed by atoms with Crippen molar-refractivity contribution in [2.75, 3.05) is 32.7 Å². The lowest BCUT2D eigenvalue weighted by Crippen LogP contribution is -2.50. The Bertz CT molecular complexity index is 1100. The summed E-state index contributed by atoms with van der Waals surface area (Å²) in [5.74, 6) is -0.497. The molecule has 1 fully saturated rings. The molecule has 8 nitrogen and oxygen atoms in total. The number of ether oxygens (including phenoxy) is 1. The van der Waals surface area contributed by atoms with Gasteiger partial charge in [-0.1, -0.05) is 40.9 Å². The molecule has 1 N–H and O–H groups in total. The zero-order valence-corrected chi connectivity index (χ0v) is 19.6. The first kappa shape index (κ1) is 23.4. The van der Waals surface area contributed by atoms with Crippen molar-refractivity contribution in [3.8, 4) is 5.75 Å². The summed E-state index contributed by atoms with van der Waals surface area (Å²) in [7, 11) is 0. The average Bonchev–Trinajstić information content (AvgIpc) is 3.17. The number of allylic oxidation sites excluding steroid dienone is 2. The number of halogens is 2. The van der Waals surface area contributed by atoms with Crippen LogP contribution in [0.15, 0.2) is 54.3 Å². The number of hydrogen-bond donors (Lipinski definition) is 1. The van der Waals surface area contributed by atoms with E-state index >= 15 is 0 Å². The van der Waals surface area contributed by atoms with Gasteiger partial charge < -0.3 is 14.7 Å². The van der Waals surface area contributed by atoms with Crippen LogP contribution in [0.4, 0.5) is 4.79 Å². The molecule has 4 rings (SSSR count). The Kier molecular flexibility index (Phi) is 6.78. The van der Waals surface area contributed by atoms with Crippen molar-refractivity contribution in [1.82, 2.24) is 19.6 Å². The Hall–Kier alpha value is -2.81. The topological polar surface area (TPSA) is 87.9 Å². The van der Waals surface area contributed by atoms with Crippen LogP contribution < -0.4 is 4.74 Å². The van der Waals surface area contributed by atoms with Crippen molar-refractivity contribution in [3.63, 3.8) is 0 Å². The molecule has 1 unspecified atom stereocenters. The highest BCUT2D eigenvalue weighted by atomic mass is 35.5. The standard InChI is InChI=1S/C23H24Cl2N4O4/c1-23(33-18-6-4-17(24)5-7-18)8-2-3-16(13-23)14-27-9-11-28(12-10-27)22(32)29-15-19(25)20(26-29)21(30)31/h2-8,15H,9-14H2,1H3,(H,30,31). The number of piperazine rings is 1. The van der Waals surface area contributed by atoms with Gasteiger partial charge in [0.2, 0.25) is 0 Å². The smallest absolute Gasteiger partial charge is 0.357 e. The SMILES string of the molecule is CC1(Oc2ccc(Cl)cc2)C=CC=C(CN2CCN(C(=O)n3cc(Cl)c(C(=O)O)n3)CC2)C1. The maximum atomic E-state index is 12.7. The number of carboxylic acid groups (broad SMARTS) is 1. The predicted molar refractivity (Wildman–Crippen MR) is 125 cm³/mol. The van der Waals surface area contributed by atoms with E-state index in [1.54, 1.807) is 4.90 Å². The molecule has 0 spiro atoms. The summed E-state index contributed by atoms with van der Waals surface area (Å²) in [5.41, 5.74) is 0.472. The lowest BCUT2D eigenvalue weighted by atomic mass is 9.90. The Morgan fingerprint density at radius 1 is 1.15 bits per heavy atom. The van der Waals surface area contributed by atoms with Gasteiger partial charge in [-0.05, 0) is 37.3 Å².